The molecule has 0 aliphatic rings. The van der Waals surface area contributed by atoms with Gasteiger partial charge in [-0.2, -0.15) is 0 Å². The number of hydrogen-bond donors (Lipinski definition) is 0. The van der Waals surface area contributed by atoms with Crippen molar-refractivity contribution in [3.63, 3.8) is 0 Å². The van der Waals surface area contributed by atoms with Gasteiger partial charge in [0.2, 0.25) is 5.82 Å². The van der Waals surface area contributed by atoms with Crippen molar-refractivity contribution in [2.75, 3.05) is 6.61 Å². The number of hydrogen-bond acceptors (Lipinski definition) is 5. The summed E-state index contributed by atoms with van der Waals surface area (Å²) in [7, 11) is 0. The maximum atomic E-state index is 11.6. The molecule has 0 spiro atoms. The molecule has 90 valence electrons. The van der Waals surface area contributed by atoms with Crippen LogP contribution >= 0.6 is 11.3 Å². The average Bonchev–Trinajstić information content (AvgIpc) is 2.76. The van der Waals surface area contributed by atoms with Gasteiger partial charge < -0.3 is 4.74 Å². The Labute approximate surface area is 107 Å². The number of benzene rings is 1. The van der Waals surface area contributed by atoms with Crippen molar-refractivity contribution in [3.05, 3.63) is 36.3 Å². The van der Waals surface area contributed by atoms with E-state index in [0.717, 1.165) is 20.3 Å². The number of carbonyl (C=O) groups excluding carboxylic acids is 1. The first-order valence-corrected chi connectivity index (χ1v) is 6.42. The largest absolute Gasteiger partial charge is 0.460 e. The summed E-state index contributed by atoms with van der Waals surface area (Å²) in [5.41, 5.74) is 0. The van der Waals surface area contributed by atoms with Crippen molar-refractivity contribution in [1.29, 1.82) is 0 Å². The van der Waals surface area contributed by atoms with Crippen molar-refractivity contribution in [2.24, 2.45) is 0 Å². The molecule has 0 atom stereocenters. The minimum absolute atomic E-state index is 0.121. The van der Waals surface area contributed by atoms with Crippen molar-refractivity contribution in [2.45, 2.75) is 6.92 Å². The highest BCUT2D eigenvalue weighted by Gasteiger charge is 2.13. The SMILES string of the molecule is CCOC(=O)c1ncc2c(n1)sc1ccccc12. The van der Waals surface area contributed by atoms with Crippen molar-refractivity contribution >= 4 is 37.6 Å². The first-order chi connectivity index (χ1) is 8.79. The van der Waals surface area contributed by atoms with Crippen LogP contribution in [0.2, 0.25) is 0 Å². The van der Waals surface area contributed by atoms with E-state index >= 15 is 0 Å². The second-order valence-electron chi connectivity index (χ2n) is 3.73. The van der Waals surface area contributed by atoms with E-state index in [0.29, 0.717) is 6.61 Å². The summed E-state index contributed by atoms with van der Waals surface area (Å²) >= 11 is 1.55. The minimum Gasteiger partial charge on any atom is -0.460 e. The first-order valence-electron chi connectivity index (χ1n) is 5.61. The fraction of sp³-hybridized carbons (Fsp3) is 0.154. The van der Waals surface area contributed by atoms with Gasteiger partial charge in [0, 0.05) is 21.7 Å². The molecular weight excluding hydrogens is 248 g/mol. The highest BCUT2D eigenvalue weighted by molar-refractivity contribution is 7.25. The Bertz CT molecular complexity index is 736. The van der Waals surface area contributed by atoms with Gasteiger partial charge in [0.05, 0.1) is 6.61 Å². The predicted octanol–water partition coefficient (Wildman–Crippen LogP) is 3.02. The lowest BCUT2D eigenvalue weighted by Crippen LogP contribution is -2.08. The number of carbonyl (C=O) groups is 1. The van der Waals surface area contributed by atoms with Crippen molar-refractivity contribution < 1.29 is 9.53 Å². The third kappa shape index (κ3) is 1.73. The van der Waals surface area contributed by atoms with Crippen molar-refractivity contribution in [3.8, 4) is 0 Å². The number of fused-ring (bicyclic) bond motifs is 3. The Kier molecular flexibility index (Phi) is 2.68. The standard InChI is InChI=1S/C13H10N2O2S/c1-2-17-13(16)11-14-7-9-8-5-3-4-6-10(8)18-12(9)15-11/h3-7H,2H2,1H3. The molecule has 0 aliphatic carbocycles. The second kappa shape index (κ2) is 4.34. The fourth-order valence-electron chi connectivity index (χ4n) is 1.81. The lowest BCUT2D eigenvalue weighted by molar-refractivity contribution is 0.0512. The highest BCUT2D eigenvalue weighted by atomic mass is 32.1. The maximum absolute atomic E-state index is 11.6. The van der Waals surface area contributed by atoms with E-state index in [4.69, 9.17) is 4.74 Å². The summed E-state index contributed by atoms with van der Waals surface area (Å²) in [5.74, 6) is -0.354. The molecule has 0 unspecified atom stereocenters. The maximum Gasteiger partial charge on any atom is 0.376 e. The molecule has 0 fully saturated rings. The van der Waals surface area contributed by atoms with Crippen LogP contribution in [0.3, 0.4) is 0 Å². The van der Waals surface area contributed by atoms with E-state index in [1.165, 1.54) is 0 Å². The molecule has 0 N–H and O–H groups in total. The lowest BCUT2D eigenvalue weighted by Gasteiger charge is -1.99. The predicted molar refractivity (Wildman–Crippen MR) is 70.9 cm³/mol. The number of rotatable bonds is 2. The molecular formula is C13H10N2O2S. The van der Waals surface area contributed by atoms with E-state index in [1.807, 2.05) is 24.3 Å². The molecule has 4 nitrogen and oxygen atoms in total. The fourth-order valence-corrected chi connectivity index (χ4v) is 2.85. The Morgan fingerprint density at radius 1 is 1.33 bits per heavy atom. The quantitative estimate of drug-likeness (QED) is 0.663. The summed E-state index contributed by atoms with van der Waals surface area (Å²) < 4.78 is 6.03. The molecule has 0 aliphatic heterocycles. The van der Waals surface area contributed by atoms with Crippen LogP contribution in [-0.2, 0) is 4.74 Å². The number of ether oxygens (including phenoxy) is 1. The molecule has 0 bridgehead atoms. The second-order valence-corrected chi connectivity index (χ2v) is 4.76. The molecule has 18 heavy (non-hydrogen) atoms. The van der Waals surface area contributed by atoms with Gasteiger partial charge in [-0.25, -0.2) is 14.8 Å². The summed E-state index contributed by atoms with van der Waals surface area (Å²) in [5, 5.41) is 2.09. The van der Waals surface area contributed by atoms with Crippen LogP contribution in [0.5, 0.6) is 0 Å². The van der Waals surface area contributed by atoms with Crippen LogP contribution < -0.4 is 0 Å². The Hall–Kier alpha value is -2.01. The number of nitrogens with zero attached hydrogens (tertiary/aromatic N) is 2. The number of esters is 1. The van der Waals surface area contributed by atoms with Crippen LogP contribution in [0.15, 0.2) is 30.5 Å². The molecule has 0 radical (unpaired) electrons. The summed E-state index contributed by atoms with van der Waals surface area (Å²) in [6.45, 7) is 2.09. The summed E-state index contributed by atoms with van der Waals surface area (Å²) in [6, 6.07) is 8.03. The van der Waals surface area contributed by atoms with E-state index < -0.39 is 5.97 Å². The Morgan fingerprint density at radius 2 is 2.17 bits per heavy atom. The average molecular weight is 258 g/mol. The van der Waals surface area contributed by atoms with E-state index in [2.05, 4.69) is 9.97 Å². The third-order valence-electron chi connectivity index (χ3n) is 2.60. The molecule has 3 aromatic rings. The molecule has 1 aromatic carbocycles. The van der Waals surface area contributed by atoms with Gasteiger partial charge in [-0.15, -0.1) is 11.3 Å². The molecule has 2 heterocycles. The summed E-state index contributed by atoms with van der Waals surface area (Å²) in [6.07, 6.45) is 1.69. The van der Waals surface area contributed by atoms with Crippen LogP contribution in [0.1, 0.15) is 17.5 Å². The van der Waals surface area contributed by atoms with Gasteiger partial charge >= 0.3 is 5.97 Å². The van der Waals surface area contributed by atoms with Gasteiger partial charge in [0.25, 0.3) is 0 Å². The molecule has 3 rings (SSSR count). The third-order valence-corrected chi connectivity index (χ3v) is 3.68. The van der Waals surface area contributed by atoms with Crippen LogP contribution in [0.25, 0.3) is 20.3 Å². The number of thiophene rings is 1. The Morgan fingerprint density at radius 3 is 3.00 bits per heavy atom. The van der Waals surface area contributed by atoms with Gasteiger partial charge in [-0.1, -0.05) is 18.2 Å². The monoisotopic (exact) mass is 258 g/mol. The van der Waals surface area contributed by atoms with Crippen molar-refractivity contribution in [1.82, 2.24) is 9.97 Å². The van der Waals surface area contributed by atoms with Gasteiger partial charge in [0.15, 0.2) is 0 Å². The van der Waals surface area contributed by atoms with Gasteiger partial charge in [0.1, 0.15) is 4.83 Å². The zero-order valence-corrected chi connectivity index (χ0v) is 10.5. The molecule has 2 aromatic heterocycles. The van der Waals surface area contributed by atoms with E-state index in [-0.39, 0.29) is 5.82 Å². The highest BCUT2D eigenvalue weighted by Crippen LogP contribution is 2.31. The van der Waals surface area contributed by atoms with Crippen LogP contribution in [-0.4, -0.2) is 22.5 Å². The zero-order valence-electron chi connectivity index (χ0n) is 9.71. The minimum atomic E-state index is -0.475. The van der Waals surface area contributed by atoms with Crippen LogP contribution in [0.4, 0.5) is 0 Å². The smallest absolute Gasteiger partial charge is 0.376 e. The molecule has 0 amide bonds. The molecule has 0 saturated heterocycles. The van der Waals surface area contributed by atoms with E-state index in [1.54, 1.807) is 24.5 Å². The van der Waals surface area contributed by atoms with E-state index in [9.17, 15) is 4.79 Å². The van der Waals surface area contributed by atoms with Gasteiger partial charge in [-0.05, 0) is 13.0 Å². The Balaban J connectivity index is 2.18. The zero-order chi connectivity index (χ0) is 12.5. The van der Waals surface area contributed by atoms with Crippen LogP contribution in [0, 0.1) is 0 Å². The lowest BCUT2D eigenvalue weighted by atomic mass is 10.2. The first kappa shape index (κ1) is 11.1. The topological polar surface area (TPSA) is 52.1 Å². The molecule has 0 saturated carbocycles. The number of aromatic nitrogens is 2. The normalized spacial score (nSPS) is 10.9. The summed E-state index contributed by atoms with van der Waals surface area (Å²) in [4.78, 5) is 20.7. The molecule has 5 heteroatoms. The van der Waals surface area contributed by atoms with Gasteiger partial charge in [-0.3, -0.25) is 0 Å².